The third kappa shape index (κ3) is 3.31. The summed E-state index contributed by atoms with van der Waals surface area (Å²) in [4.78, 5) is 11.6. The van der Waals surface area contributed by atoms with Gasteiger partial charge in [-0.3, -0.25) is 0 Å². The van der Waals surface area contributed by atoms with Crippen molar-refractivity contribution in [2.45, 2.75) is 19.9 Å². The van der Waals surface area contributed by atoms with Crippen molar-refractivity contribution in [3.05, 3.63) is 46.0 Å². The Kier molecular flexibility index (Phi) is 3.99. The van der Waals surface area contributed by atoms with Crippen molar-refractivity contribution in [1.82, 2.24) is 15.0 Å². The Morgan fingerprint density at radius 2 is 1.56 bits per heavy atom. The van der Waals surface area contributed by atoms with Crippen LogP contribution in [0.15, 0.2) is 24.3 Å². The number of benzene rings is 1. The molecular weight excluding hydrogens is 271 g/mol. The van der Waals surface area contributed by atoms with Gasteiger partial charge in [0.1, 0.15) is 0 Å². The molecule has 0 aliphatic rings. The van der Waals surface area contributed by atoms with Crippen LogP contribution < -0.4 is 5.32 Å². The van der Waals surface area contributed by atoms with Crippen LogP contribution in [-0.2, 0) is 0 Å². The van der Waals surface area contributed by atoms with Gasteiger partial charge in [-0.2, -0.15) is 15.0 Å². The van der Waals surface area contributed by atoms with Gasteiger partial charge in [-0.1, -0.05) is 29.8 Å². The number of hydrogen-bond donors (Lipinski definition) is 1. The van der Waals surface area contributed by atoms with E-state index in [1.807, 2.05) is 13.8 Å². The third-order valence-electron chi connectivity index (χ3n) is 2.50. The van der Waals surface area contributed by atoms with Crippen molar-refractivity contribution in [2.24, 2.45) is 0 Å². The molecule has 2 aromatic rings. The molecule has 0 amide bonds. The molecule has 1 N–H and O–H groups in total. The van der Waals surface area contributed by atoms with Gasteiger partial charge >= 0.3 is 0 Å². The van der Waals surface area contributed by atoms with Gasteiger partial charge in [0.25, 0.3) is 0 Å². The van der Waals surface area contributed by atoms with E-state index in [2.05, 4.69) is 44.5 Å². The Balaban J connectivity index is 2.15. The zero-order chi connectivity index (χ0) is 13.1. The maximum atomic E-state index is 5.71. The summed E-state index contributed by atoms with van der Waals surface area (Å²) < 4.78 is 0. The molecule has 18 heavy (non-hydrogen) atoms. The Hall–Kier alpha value is -1.39. The topological polar surface area (TPSA) is 50.7 Å². The Labute approximate surface area is 115 Å². The van der Waals surface area contributed by atoms with Crippen molar-refractivity contribution >= 4 is 29.2 Å². The highest BCUT2D eigenvalue weighted by Crippen LogP contribution is 2.18. The Bertz CT molecular complexity index is 522. The van der Waals surface area contributed by atoms with Crippen LogP contribution in [0.25, 0.3) is 0 Å². The van der Waals surface area contributed by atoms with Crippen molar-refractivity contribution in [3.8, 4) is 0 Å². The van der Waals surface area contributed by atoms with Crippen LogP contribution in [0.1, 0.15) is 24.1 Å². The molecule has 0 saturated carbocycles. The number of rotatable bonds is 3. The van der Waals surface area contributed by atoms with Crippen molar-refractivity contribution in [1.29, 1.82) is 0 Å². The van der Waals surface area contributed by atoms with Crippen LogP contribution >= 0.6 is 23.2 Å². The fraction of sp³-hybridized carbons (Fsp3) is 0.250. The number of anilines is 1. The fourth-order valence-corrected chi connectivity index (χ4v) is 1.89. The maximum absolute atomic E-state index is 5.71. The Morgan fingerprint density at radius 3 is 2.11 bits per heavy atom. The summed E-state index contributed by atoms with van der Waals surface area (Å²) in [5, 5.41) is 3.28. The minimum absolute atomic E-state index is 0.0557. The SMILES string of the molecule is Cc1ccc(C(C)Nc2nc(Cl)nc(Cl)n2)cc1. The molecule has 2 rings (SSSR count). The predicted molar refractivity (Wildman–Crippen MR) is 73.1 cm³/mol. The molecule has 0 bridgehead atoms. The van der Waals surface area contributed by atoms with Gasteiger partial charge < -0.3 is 5.32 Å². The van der Waals surface area contributed by atoms with Crippen LogP contribution in [0.2, 0.25) is 10.6 Å². The van der Waals surface area contributed by atoms with Gasteiger partial charge in [-0.25, -0.2) is 0 Å². The van der Waals surface area contributed by atoms with Gasteiger partial charge in [-0.05, 0) is 42.6 Å². The van der Waals surface area contributed by atoms with E-state index in [-0.39, 0.29) is 16.6 Å². The maximum Gasteiger partial charge on any atom is 0.228 e. The standard InChI is InChI=1S/C12H12Cl2N4/c1-7-3-5-9(6-4-7)8(2)15-12-17-10(13)16-11(14)18-12/h3-6,8H,1-2H3,(H,15,16,17,18). The molecule has 1 atom stereocenters. The quantitative estimate of drug-likeness (QED) is 0.934. The average molecular weight is 283 g/mol. The highest BCUT2D eigenvalue weighted by Gasteiger charge is 2.08. The van der Waals surface area contributed by atoms with Crippen LogP contribution in [0.4, 0.5) is 5.95 Å². The molecule has 0 radical (unpaired) electrons. The summed E-state index contributed by atoms with van der Waals surface area (Å²) >= 11 is 11.4. The molecule has 0 aliphatic carbocycles. The fourth-order valence-electron chi connectivity index (χ4n) is 1.52. The molecule has 4 nitrogen and oxygen atoms in total. The average Bonchev–Trinajstić information content (AvgIpc) is 2.28. The molecule has 0 spiro atoms. The first-order chi connectivity index (χ1) is 8.54. The van der Waals surface area contributed by atoms with E-state index in [1.54, 1.807) is 0 Å². The molecule has 0 saturated heterocycles. The molecule has 6 heteroatoms. The van der Waals surface area contributed by atoms with Crippen molar-refractivity contribution in [3.63, 3.8) is 0 Å². The first-order valence-corrected chi connectivity index (χ1v) is 6.20. The van der Waals surface area contributed by atoms with Crippen molar-refractivity contribution < 1.29 is 0 Å². The lowest BCUT2D eigenvalue weighted by Crippen LogP contribution is -2.10. The van der Waals surface area contributed by atoms with Gasteiger partial charge in [0.2, 0.25) is 16.5 Å². The summed E-state index contributed by atoms with van der Waals surface area (Å²) in [6.45, 7) is 4.06. The summed E-state index contributed by atoms with van der Waals surface area (Å²) in [5.41, 5.74) is 2.35. The highest BCUT2D eigenvalue weighted by atomic mass is 35.5. The molecule has 1 aromatic carbocycles. The number of hydrogen-bond acceptors (Lipinski definition) is 4. The smallest absolute Gasteiger partial charge is 0.228 e. The van der Waals surface area contributed by atoms with Crippen molar-refractivity contribution in [2.75, 3.05) is 5.32 Å². The zero-order valence-electron chi connectivity index (χ0n) is 9.98. The predicted octanol–water partition coefficient (Wildman–Crippen LogP) is 3.66. The first-order valence-electron chi connectivity index (χ1n) is 5.45. The molecule has 94 valence electrons. The zero-order valence-corrected chi connectivity index (χ0v) is 11.5. The summed E-state index contributed by atoms with van der Waals surface area (Å²) in [6.07, 6.45) is 0. The summed E-state index contributed by atoms with van der Waals surface area (Å²) in [6, 6.07) is 8.27. The van der Waals surface area contributed by atoms with E-state index in [4.69, 9.17) is 23.2 Å². The number of aromatic nitrogens is 3. The van der Waals surface area contributed by atoms with Crippen LogP contribution in [0.5, 0.6) is 0 Å². The van der Waals surface area contributed by atoms with E-state index in [0.29, 0.717) is 5.95 Å². The monoisotopic (exact) mass is 282 g/mol. The van der Waals surface area contributed by atoms with Gasteiger partial charge in [0.05, 0.1) is 6.04 Å². The highest BCUT2D eigenvalue weighted by molar-refractivity contribution is 6.31. The second-order valence-electron chi connectivity index (χ2n) is 3.97. The normalized spacial score (nSPS) is 12.2. The molecule has 0 aliphatic heterocycles. The van der Waals surface area contributed by atoms with E-state index in [1.165, 1.54) is 5.56 Å². The minimum Gasteiger partial charge on any atom is -0.348 e. The molecule has 0 fully saturated rings. The molecule has 1 heterocycles. The number of nitrogens with one attached hydrogen (secondary N) is 1. The number of aryl methyl sites for hydroxylation is 1. The first kappa shape index (κ1) is 13.1. The van der Waals surface area contributed by atoms with Crippen LogP contribution in [0, 0.1) is 6.92 Å². The van der Waals surface area contributed by atoms with Gasteiger partial charge in [-0.15, -0.1) is 0 Å². The van der Waals surface area contributed by atoms with Crippen LogP contribution in [0.3, 0.4) is 0 Å². The lowest BCUT2D eigenvalue weighted by atomic mass is 10.1. The largest absolute Gasteiger partial charge is 0.348 e. The van der Waals surface area contributed by atoms with Gasteiger partial charge in [0, 0.05) is 0 Å². The second-order valence-corrected chi connectivity index (χ2v) is 4.65. The summed E-state index contributed by atoms with van der Waals surface area (Å²) in [7, 11) is 0. The number of nitrogens with zero attached hydrogens (tertiary/aromatic N) is 3. The molecule has 1 unspecified atom stereocenters. The van der Waals surface area contributed by atoms with E-state index in [0.717, 1.165) is 5.56 Å². The molecular formula is C12H12Cl2N4. The van der Waals surface area contributed by atoms with Crippen LogP contribution in [-0.4, -0.2) is 15.0 Å². The lowest BCUT2D eigenvalue weighted by molar-refractivity contribution is 0.853. The molecule has 1 aromatic heterocycles. The Morgan fingerprint density at radius 1 is 1.00 bits per heavy atom. The third-order valence-corrected chi connectivity index (χ3v) is 2.84. The van der Waals surface area contributed by atoms with E-state index in [9.17, 15) is 0 Å². The number of halogens is 2. The lowest BCUT2D eigenvalue weighted by Gasteiger charge is -2.14. The van der Waals surface area contributed by atoms with Gasteiger partial charge in [0.15, 0.2) is 0 Å². The van der Waals surface area contributed by atoms with E-state index < -0.39 is 0 Å². The minimum atomic E-state index is 0.0557. The second kappa shape index (κ2) is 5.50. The van der Waals surface area contributed by atoms with E-state index >= 15 is 0 Å². The summed E-state index contributed by atoms with van der Waals surface area (Å²) in [5.74, 6) is 0.369.